The number of benzene rings is 1. The van der Waals surface area contributed by atoms with E-state index < -0.39 is 0 Å². The summed E-state index contributed by atoms with van der Waals surface area (Å²) >= 11 is 0. The molecule has 1 aromatic rings. The number of halogens is 1. The third kappa shape index (κ3) is 2.02. The highest BCUT2D eigenvalue weighted by atomic mass is 19.1. The average Bonchev–Trinajstić information content (AvgIpc) is 2.56. The van der Waals surface area contributed by atoms with Gasteiger partial charge in [0.25, 0.3) is 0 Å². The number of hydrogen-bond acceptors (Lipinski definition) is 3. The van der Waals surface area contributed by atoms with Crippen LogP contribution in [0.4, 0.5) is 4.39 Å². The van der Waals surface area contributed by atoms with Gasteiger partial charge in [-0.3, -0.25) is 0 Å². The first-order valence-electron chi connectivity index (χ1n) is 4.51. The Kier molecular flexibility index (Phi) is 2.65. The van der Waals surface area contributed by atoms with E-state index in [1.54, 1.807) is 12.1 Å². The van der Waals surface area contributed by atoms with Gasteiger partial charge in [0.15, 0.2) is 0 Å². The Labute approximate surface area is 81.6 Å². The Morgan fingerprint density at radius 3 is 2.57 bits per heavy atom. The van der Waals surface area contributed by atoms with Crippen LogP contribution in [0.25, 0.3) is 0 Å². The average molecular weight is 197 g/mol. The topological polar surface area (TPSA) is 44.5 Å². The molecule has 1 aliphatic heterocycles. The van der Waals surface area contributed by atoms with Crippen molar-refractivity contribution in [2.75, 3.05) is 13.2 Å². The Morgan fingerprint density at radius 1 is 1.29 bits per heavy atom. The normalized spacial score (nSPS) is 26.4. The van der Waals surface area contributed by atoms with Crippen molar-refractivity contribution < 1.29 is 13.9 Å². The van der Waals surface area contributed by atoms with Crippen LogP contribution < -0.4 is 10.5 Å². The second kappa shape index (κ2) is 3.94. The van der Waals surface area contributed by atoms with Crippen molar-refractivity contribution in [3.8, 4) is 5.75 Å². The highest BCUT2D eigenvalue weighted by molar-refractivity contribution is 5.22. The Hall–Kier alpha value is -1.13. The summed E-state index contributed by atoms with van der Waals surface area (Å²) in [5, 5.41) is 0. The highest BCUT2D eigenvalue weighted by Crippen LogP contribution is 2.16. The van der Waals surface area contributed by atoms with E-state index in [1.165, 1.54) is 12.1 Å². The van der Waals surface area contributed by atoms with Crippen LogP contribution in [0.5, 0.6) is 5.75 Å². The van der Waals surface area contributed by atoms with E-state index in [0.717, 1.165) is 0 Å². The molecule has 2 atom stereocenters. The van der Waals surface area contributed by atoms with Gasteiger partial charge in [-0.05, 0) is 24.3 Å². The molecule has 0 spiro atoms. The summed E-state index contributed by atoms with van der Waals surface area (Å²) in [5.41, 5.74) is 5.73. The van der Waals surface area contributed by atoms with Crippen molar-refractivity contribution in [3.63, 3.8) is 0 Å². The van der Waals surface area contributed by atoms with Gasteiger partial charge in [0.2, 0.25) is 0 Å². The fourth-order valence-corrected chi connectivity index (χ4v) is 1.36. The molecule has 4 heteroatoms. The predicted octanol–water partition coefficient (Wildman–Crippen LogP) is 0.931. The molecule has 3 nitrogen and oxygen atoms in total. The number of rotatable bonds is 2. The summed E-state index contributed by atoms with van der Waals surface area (Å²) in [6.45, 7) is 1.02. The molecular weight excluding hydrogens is 185 g/mol. The van der Waals surface area contributed by atoms with Gasteiger partial charge < -0.3 is 15.2 Å². The van der Waals surface area contributed by atoms with E-state index in [-0.39, 0.29) is 18.0 Å². The van der Waals surface area contributed by atoms with Gasteiger partial charge in [-0.1, -0.05) is 0 Å². The number of nitrogens with two attached hydrogens (primary N) is 1. The zero-order valence-corrected chi connectivity index (χ0v) is 7.65. The molecule has 1 fully saturated rings. The molecule has 1 saturated heterocycles. The third-order valence-corrected chi connectivity index (χ3v) is 2.17. The molecule has 1 aromatic carbocycles. The summed E-state index contributed by atoms with van der Waals surface area (Å²) in [4.78, 5) is 0. The zero-order valence-electron chi connectivity index (χ0n) is 7.65. The van der Waals surface area contributed by atoms with Gasteiger partial charge in [0.05, 0.1) is 19.3 Å². The lowest BCUT2D eigenvalue weighted by atomic mass is 10.2. The summed E-state index contributed by atoms with van der Waals surface area (Å²) in [7, 11) is 0. The monoisotopic (exact) mass is 197 g/mol. The van der Waals surface area contributed by atoms with Crippen LogP contribution in [0.15, 0.2) is 24.3 Å². The molecule has 2 unspecified atom stereocenters. The lowest BCUT2D eigenvalue weighted by molar-refractivity contribution is 0.140. The van der Waals surface area contributed by atoms with Crippen molar-refractivity contribution in [2.24, 2.45) is 5.73 Å². The minimum Gasteiger partial charge on any atom is -0.486 e. The molecular formula is C10H12FNO2. The molecule has 0 saturated carbocycles. The number of ether oxygens (including phenoxy) is 2. The largest absolute Gasteiger partial charge is 0.486 e. The quantitative estimate of drug-likeness (QED) is 0.767. The molecule has 0 amide bonds. The minimum absolute atomic E-state index is 0.0972. The molecule has 14 heavy (non-hydrogen) atoms. The Balaban J connectivity index is 2.00. The molecule has 1 heterocycles. The van der Waals surface area contributed by atoms with Gasteiger partial charge in [-0.25, -0.2) is 4.39 Å². The van der Waals surface area contributed by atoms with E-state index in [2.05, 4.69) is 0 Å². The fourth-order valence-electron chi connectivity index (χ4n) is 1.36. The lowest BCUT2D eigenvalue weighted by Crippen LogP contribution is -2.37. The Bertz CT molecular complexity index is 301. The minimum atomic E-state index is -0.274. The van der Waals surface area contributed by atoms with Crippen molar-refractivity contribution >= 4 is 0 Å². The second-order valence-electron chi connectivity index (χ2n) is 3.31. The number of hydrogen-bond donors (Lipinski definition) is 1. The second-order valence-corrected chi connectivity index (χ2v) is 3.31. The standard InChI is InChI=1S/C10H12FNO2/c11-7-1-3-8(4-2-7)14-10-6-13-5-9(10)12/h1-4,9-10H,5-6,12H2. The summed E-state index contributed by atoms with van der Waals surface area (Å²) in [6, 6.07) is 5.79. The predicted molar refractivity (Wildman–Crippen MR) is 49.6 cm³/mol. The summed E-state index contributed by atoms with van der Waals surface area (Å²) < 4.78 is 23.2. The van der Waals surface area contributed by atoms with Crippen LogP contribution in [-0.2, 0) is 4.74 Å². The van der Waals surface area contributed by atoms with Gasteiger partial charge >= 0.3 is 0 Å². The van der Waals surface area contributed by atoms with E-state index in [1.807, 2.05) is 0 Å². The van der Waals surface area contributed by atoms with Crippen LogP contribution in [-0.4, -0.2) is 25.4 Å². The van der Waals surface area contributed by atoms with E-state index in [4.69, 9.17) is 15.2 Å². The molecule has 2 rings (SSSR count). The first-order valence-corrected chi connectivity index (χ1v) is 4.51. The first kappa shape index (κ1) is 9.43. The van der Waals surface area contributed by atoms with E-state index in [9.17, 15) is 4.39 Å². The molecule has 1 aliphatic rings. The van der Waals surface area contributed by atoms with Gasteiger partial charge in [0, 0.05) is 0 Å². The molecule has 2 N–H and O–H groups in total. The van der Waals surface area contributed by atoms with Crippen LogP contribution in [0.3, 0.4) is 0 Å². The van der Waals surface area contributed by atoms with Crippen molar-refractivity contribution in [1.29, 1.82) is 0 Å². The molecule has 0 aromatic heterocycles. The lowest BCUT2D eigenvalue weighted by Gasteiger charge is -2.15. The molecule has 0 bridgehead atoms. The molecule has 76 valence electrons. The van der Waals surface area contributed by atoms with Crippen LogP contribution in [0.2, 0.25) is 0 Å². The first-order chi connectivity index (χ1) is 6.75. The van der Waals surface area contributed by atoms with Crippen LogP contribution >= 0.6 is 0 Å². The van der Waals surface area contributed by atoms with Crippen LogP contribution in [0, 0.1) is 5.82 Å². The maximum atomic E-state index is 12.6. The van der Waals surface area contributed by atoms with Gasteiger partial charge in [-0.2, -0.15) is 0 Å². The van der Waals surface area contributed by atoms with Crippen LogP contribution in [0.1, 0.15) is 0 Å². The smallest absolute Gasteiger partial charge is 0.139 e. The SMILES string of the molecule is NC1COCC1Oc1ccc(F)cc1. The molecule has 0 radical (unpaired) electrons. The van der Waals surface area contributed by atoms with Gasteiger partial charge in [0.1, 0.15) is 17.7 Å². The summed E-state index contributed by atoms with van der Waals surface area (Å²) in [5.74, 6) is 0.349. The van der Waals surface area contributed by atoms with Crippen molar-refractivity contribution in [2.45, 2.75) is 12.1 Å². The maximum absolute atomic E-state index is 12.6. The van der Waals surface area contributed by atoms with Gasteiger partial charge in [-0.15, -0.1) is 0 Å². The van der Waals surface area contributed by atoms with E-state index in [0.29, 0.717) is 19.0 Å². The molecule has 0 aliphatic carbocycles. The summed E-state index contributed by atoms with van der Waals surface area (Å²) in [6.07, 6.45) is -0.125. The van der Waals surface area contributed by atoms with Crippen molar-refractivity contribution in [3.05, 3.63) is 30.1 Å². The van der Waals surface area contributed by atoms with Crippen molar-refractivity contribution in [1.82, 2.24) is 0 Å². The third-order valence-electron chi connectivity index (χ3n) is 2.17. The zero-order chi connectivity index (χ0) is 9.97. The maximum Gasteiger partial charge on any atom is 0.139 e. The van der Waals surface area contributed by atoms with E-state index >= 15 is 0 Å². The highest BCUT2D eigenvalue weighted by Gasteiger charge is 2.26. The fraction of sp³-hybridized carbons (Fsp3) is 0.400. The Morgan fingerprint density at radius 2 is 2.00 bits per heavy atom.